The van der Waals surface area contributed by atoms with Crippen LogP contribution in [0.25, 0.3) is 0 Å². The van der Waals surface area contributed by atoms with Crippen LogP contribution in [-0.2, 0) is 18.4 Å². The van der Waals surface area contributed by atoms with Crippen LogP contribution >= 0.6 is 0 Å². The first-order valence-corrected chi connectivity index (χ1v) is 6.95. The van der Waals surface area contributed by atoms with Crippen LogP contribution in [0.5, 0.6) is 0 Å². The number of aromatic nitrogens is 2. The third-order valence-corrected chi connectivity index (χ3v) is 3.27. The molecule has 1 aromatic carbocycles. The van der Waals surface area contributed by atoms with Crippen LogP contribution in [0.15, 0.2) is 36.5 Å². The highest BCUT2D eigenvalue weighted by atomic mass is 16.5. The monoisotopic (exact) mass is 287 g/mol. The Labute approximate surface area is 125 Å². The molecule has 0 atom stereocenters. The first-order chi connectivity index (χ1) is 10.1. The number of amides is 1. The highest BCUT2D eigenvalue weighted by Crippen LogP contribution is 2.08. The number of benzene rings is 1. The summed E-state index contributed by atoms with van der Waals surface area (Å²) in [6, 6.07) is 9.99. The maximum absolute atomic E-state index is 12.3. The van der Waals surface area contributed by atoms with Gasteiger partial charge in [-0.25, -0.2) is 0 Å². The first kappa shape index (κ1) is 15.3. The van der Waals surface area contributed by atoms with Crippen LogP contribution in [0.4, 0.5) is 0 Å². The van der Waals surface area contributed by atoms with Crippen molar-refractivity contribution in [1.29, 1.82) is 0 Å². The van der Waals surface area contributed by atoms with Gasteiger partial charge in [-0.1, -0.05) is 30.3 Å². The van der Waals surface area contributed by atoms with Gasteiger partial charge in [-0.15, -0.1) is 0 Å². The molecule has 0 fully saturated rings. The number of hydrogen-bond donors (Lipinski definition) is 0. The lowest BCUT2D eigenvalue weighted by Gasteiger charge is -2.16. The number of likely N-dealkylation sites (N-methyl/N-ethyl adjacent to an activating group) is 1. The molecule has 1 amide bonds. The molecule has 5 heteroatoms. The summed E-state index contributed by atoms with van der Waals surface area (Å²) < 4.78 is 7.25. The van der Waals surface area contributed by atoms with E-state index in [9.17, 15) is 4.79 Å². The normalized spacial score (nSPS) is 10.6. The number of aryl methyl sites for hydroxylation is 2. The second-order valence-electron chi connectivity index (χ2n) is 5.07. The van der Waals surface area contributed by atoms with Gasteiger partial charge in [0, 0.05) is 26.8 Å². The number of hydrogen-bond acceptors (Lipinski definition) is 3. The molecule has 0 unspecified atom stereocenters. The lowest BCUT2D eigenvalue weighted by molar-refractivity contribution is 0.0670. The van der Waals surface area contributed by atoms with E-state index in [4.69, 9.17) is 4.74 Å². The van der Waals surface area contributed by atoms with E-state index in [1.165, 1.54) is 0 Å². The molecule has 2 aromatic rings. The van der Waals surface area contributed by atoms with E-state index in [2.05, 4.69) is 5.10 Å². The first-order valence-electron chi connectivity index (χ1n) is 6.95. The van der Waals surface area contributed by atoms with E-state index < -0.39 is 0 Å². The van der Waals surface area contributed by atoms with Gasteiger partial charge in [0.05, 0.1) is 24.5 Å². The van der Waals surface area contributed by atoms with Crippen molar-refractivity contribution in [2.75, 3.05) is 20.2 Å². The van der Waals surface area contributed by atoms with E-state index in [-0.39, 0.29) is 5.91 Å². The van der Waals surface area contributed by atoms with Crippen LogP contribution in [0, 0.1) is 6.92 Å². The van der Waals surface area contributed by atoms with Gasteiger partial charge in [0.2, 0.25) is 0 Å². The fourth-order valence-corrected chi connectivity index (χ4v) is 2.08. The van der Waals surface area contributed by atoms with Gasteiger partial charge in [0.15, 0.2) is 0 Å². The number of rotatable bonds is 6. The standard InChI is InChI=1S/C16H21N3O2/c1-13-15(11-19(3)17-13)16(20)18(2)9-10-21-12-14-7-5-4-6-8-14/h4-8,11H,9-10,12H2,1-3H3. The summed E-state index contributed by atoms with van der Waals surface area (Å²) >= 11 is 0. The third-order valence-electron chi connectivity index (χ3n) is 3.27. The molecule has 0 aliphatic heterocycles. The Kier molecular flexibility index (Phi) is 5.11. The van der Waals surface area contributed by atoms with Gasteiger partial charge in [-0.3, -0.25) is 9.48 Å². The summed E-state index contributed by atoms with van der Waals surface area (Å²) in [5, 5.41) is 4.19. The molecular weight excluding hydrogens is 266 g/mol. The maximum atomic E-state index is 12.3. The van der Waals surface area contributed by atoms with Crippen LogP contribution < -0.4 is 0 Å². The van der Waals surface area contributed by atoms with E-state index >= 15 is 0 Å². The molecule has 0 saturated heterocycles. The Hall–Kier alpha value is -2.14. The fourth-order valence-electron chi connectivity index (χ4n) is 2.08. The SMILES string of the molecule is Cc1nn(C)cc1C(=O)N(C)CCOCc1ccccc1. The molecule has 21 heavy (non-hydrogen) atoms. The molecule has 0 aliphatic carbocycles. The molecule has 0 spiro atoms. The van der Waals surface area contributed by atoms with Crippen LogP contribution in [0.1, 0.15) is 21.6 Å². The topological polar surface area (TPSA) is 47.4 Å². The largest absolute Gasteiger partial charge is 0.375 e. The zero-order valence-electron chi connectivity index (χ0n) is 12.7. The molecule has 1 heterocycles. The van der Waals surface area contributed by atoms with E-state index in [1.54, 1.807) is 22.8 Å². The molecule has 2 rings (SSSR count). The van der Waals surface area contributed by atoms with Crippen molar-refractivity contribution in [3.05, 3.63) is 53.3 Å². The Morgan fingerprint density at radius 3 is 2.67 bits per heavy atom. The highest BCUT2D eigenvalue weighted by Gasteiger charge is 2.16. The van der Waals surface area contributed by atoms with Crippen molar-refractivity contribution >= 4 is 5.91 Å². The lowest BCUT2D eigenvalue weighted by atomic mass is 10.2. The van der Waals surface area contributed by atoms with Crippen LogP contribution in [0.3, 0.4) is 0 Å². The minimum atomic E-state index is -0.0242. The van der Waals surface area contributed by atoms with Crippen molar-refractivity contribution in [2.45, 2.75) is 13.5 Å². The number of carbonyl (C=O) groups is 1. The van der Waals surface area contributed by atoms with Crippen molar-refractivity contribution in [1.82, 2.24) is 14.7 Å². The smallest absolute Gasteiger partial charge is 0.257 e. The summed E-state index contributed by atoms with van der Waals surface area (Å²) in [6.07, 6.45) is 1.75. The predicted octanol–water partition coefficient (Wildman–Crippen LogP) is 2.02. The third kappa shape index (κ3) is 4.16. The van der Waals surface area contributed by atoms with Crippen molar-refractivity contribution < 1.29 is 9.53 Å². The van der Waals surface area contributed by atoms with Gasteiger partial charge in [0.25, 0.3) is 5.91 Å². The second kappa shape index (κ2) is 7.04. The molecule has 112 valence electrons. The average molecular weight is 287 g/mol. The van der Waals surface area contributed by atoms with E-state index in [1.807, 2.05) is 44.3 Å². The molecular formula is C16H21N3O2. The molecule has 0 saturated carbocycles. The molecule has 0 bridgehead atoms. The zero-order valence-corrected chi connectivity index (χ0v) is 12.7. The summed E-state index contributed by atoms with van der Waals surface area (Å²) in [5.74, 6) is -0.0242. The Morgan fingerprint density at radius 1 is 1.33 bits per heavy atom. The summed E-state index contributed by atoms with van der Waals surface area (Å²) in [4.78, 5) is 13.9. The Morgan fingerprint density at radius 2 is 2.05 bits per heavy atom. The lowest BCUT2D eigenvalue weighted by Crippen LogP contribution is -2.30. The zero-order chi connectivity index (χ0) is 15.2. The van der Waals surface area contributed by atoms with E-state index in [0.29, 0.717) is 25.3 Å². The maximum Gasteiger partial charge on any atom is 0.257 e. The van der Waals surface area contributed by atoms with Gasteiger partial charge >= 0.3 is 0 Å². The molecule has 0 radical (unpaired) electrons. The van der Waals surface area contributed by atoms with E-state index in [0.717, 1.165) is 11.3 Å². The second-order valence-corrected chi connectivity index (χ2v) is 5.07. The molecule has 0 N–H and O–H groups in total. The number of carbonyl (C=O) groups excluding carboxylic acids is 1. The number of ether oxygens (including phenoxy) is 1. The van der Waals surface area contributed by atoms with Crippen molar-refractivity contribution in [3.8, 4) is 0 Å². The van der Waals surface area contributed by atoms with Gasteiger partial charge in [-0.05, 0) is 12.5 Å². The summed E-state index contributed by atoms with van der Waals surface area (Å²) in [6.45, 7) is 3.47. The minimum Gasteiger partial charge on any atom is -0.375 e. The van der Waals surface area contributed by atoms with Gasteiger partial charge < -0.3 is 9.64 Å². The molecule has 1 aromatic heterocycles. The molecule has 0 aliphatic rings. The van der Waals surface area contributed by atoms with Gasteiger partial charge in [-0.2, -0.15) is 5.10 Å². The number of nitrogens with zero attached hydrogens (tertiary/aromatic N) is 3. The van der Waals surface area contributed by atoms with Crippen LogP contribution in [0.2, 0.25) is 0 Å². The van der Waals surface area contributed by atoms with Gasteiger partial charge in [0.1, 0.15) is 0 Å². The highest BCUT2D eigenvalue weighted by molar-refractivity contribution is 5.94. The predicted molar refractivity (Wildman–Crippen MR) is 81.0 cm³/mol. The van der Waals surface area contributed by atoms with Crippen LogP contribution in [-0.4, -0.2) is 40.8 Å². The molecule has 5 nitrogen and oxygen atoms in total. The summed E-state index contributed by atoms with van der Waals surface area (Å²) in [7, 11) is 3.59. The van der Waals surface area contributed by atoms with Crippen molar-refractivity contribution in [2.24, 2.45) is 7.05 Å². The minimum absolute atomic E-state index is 0.0242. The Balaban J connectivity index is 1.78. The van der Waals surface area contributed by atoms with Crippen molar-refractivity contribution in [3.63, 3.8) is 0 Å². The quantitative estimate of drug-likeness (QED) is 0.764. The Bertz CT molecular complexity index is 593. The fraction of sp³-hybridized carbons (Fsp3) is 0.375. The summed E-state index contributed by atoms with van der Waals surface area (Å²) in [5.41, 5.74) is 2.53. The average Bonchev–Trinajstić information content (AvgIpc) is 2.82.